The van der Waals surface area contributed by atoms with E-state index in [2.05, 4.69) is 27.0 Å². The average Bonchev–Trinajstić information content (AvgIpc) is 3.40. The lowest BCUT2D eigenvalue weighted by Crippen LogP contribution is -2.41. The van der Waals surface area contributed by atoms with Gasteiger partial charge in [0.15, 0.2) is 5.82 Å². The number of ether oxygens (including phenoxy) is 1. The molecule has 10 rings (SSSR count). The number of fused-ring (bicyclic) bond motifs is 4. The molecule has 2 bridgehead atoms. The minimum Gasteiger partial charge on any atom is -0.487 e. The molecule has 5 aliphatic rings. The number of hydrogen-bond acceptors (Lipinski definition) is 6. The van der Waals surface area contributed by atoms with Crippen molar-refractivity contribution < 1.29 is 13.9 Å². The van der Waals surface area contributed by atoms with E-state index in [1.165, 1.54) is 0 Å². The van der Waals surface area contributed by atoms with Crippen LogP contribution in [0.5, 0.6) is 5.75 Å². The second-order valence-electron chi connectivity index (χ2n) is 14.6. The van der Waals surface area contributed by atoms with Crippen molar-refractivity contribution in [3.8, 4) is 22.9 Å². The number of nitrogens with zero attached hydrogens (tertiary/aromatic N) is 5. The minimum absolute atomic E-state index is 0.0449. The summed E-state index contributed by atoms with van der Waals surface area (Å²) in [7, 11) is 0. The Bertz CT molecular complexity index is 2280. The van der Waals surface area contributed by atoms with Gasteiger partial charge in [-0.2, -0.15) is 5.26 Å². The number of carbonyl (C=O) groups is 1. The Balaban J connectivity index is 1.26. The smallest absolute Gasteiger partial charge is 0.226 e. The topological polar surface area (TPSA) is 96.1 Å². The lowest BCUT2D eigenvalue weighted by molar-refractivity contribution is -0.133. The van der Waals surface area contributed by atoms with Crippen molar-refractivity contribution in [1.82, 2.24) is 24.8 Å². The molecule has 5 aromatic rings. The number of benzene rings is 2. The molecule has 1 amide bonds. The van der Waals surface area contributed by atoms with Gasteiger partial charge in [0.25, 0.3) is 0 Å². The van der Waals surface area contributed by atoms with Crippen LogP contribution in [0.4, 0.5) is 4.39 Å². The van der Waals surface area contributed by atoms with Gasteiger partial charge in [-0.1, -0.05) is 35.3 Å². The molecule has 2 aliphatic carbocycles. The van der Waals surface area contributed by atoms with Gasteiger partial charge in [0.05, 0.1) is 46.0 Å². The van der Waals surface area contributed by atoms with Crippen molar-refractivity contribution in [2.75, 3.05) is 13.1 Å². The Labute approximate surface area is 305 Å². The number of pyridine rings is 2. The van der Waals surface area contributed by atoms with Gasteiger partial charge in [-0.3, -0.25) is 9.78 Å². The SMILES string of the molecule is Cc1ncccc1OC1CC(c2cc3c(C)nc4c(F)c(-c5cccc(Cl)c5Cl)c(CCC#N)cc4c3n2C2C3CNC2C3)N(C(=O)C2CC2)C1. The summed E-state index contributed by atoms with van der Waals surface area (Å²) in [5, 5.41) is 15.5. The fraction of sp³-hybridized carbons (Fsp3) is 0.400. The monoisotopic (exact) mass is 722 g/mol. The van der Waals surface area contributed by atoms with Gasteiger partial charge in [-0.15, -0.1) is 0 Å². The molecule has 3 saturated heterocycles. The van der Waals surface area contributed by atoms with E-state index in [0.717, 1.165) is 53.8 Å². The summed E-state index contributed by atoms with van der Waals surface area (Å²) in [6.45, 7) is 5.26. The van der Waals surface area contributed by atoms with E-state index in [1.807, 2.05) is 36.9 Å². The van der Waals surface area contributed by atoms with Crippen molar-refractivity contribution >= 4 is 50.9 Å². The van der Waals surface area contributed by atoms with E-state index < -0.39 is 5.82 Å². The quantitative estimate of drug-likeness (QED) is 0.173. The van der Waals surface area contributed by atoms with Gasteiger partial charge in [0.2, 0.25) is 5.91 Å². The first kappa shape index (κ1) is 32.7. The molecule has 1 N–H and O–H groups in total. The molecule has 5 fully saturated rings. The Hall–Kier alpha value is -4.23. The third kappa shape index (κ3) is 5.29. The van der Waals surface area contributed by atoms with Crippen LogP contribution in [0.1, 0.15) is 66.8 Å². The maximum atomic E-state index is 17.2. The highest BCUT2D eigenvalue weighted by Crippen LogP contribution is 2.51. The third-order valence-electron chi connectivity index (χ3n) is 11.5. The van der Waals surface area contributed by atoms with Gasteiger partial charge in [0, 0.05) is 70.8 Å². The highest BCUT2D eigenvalue weighted by atomic mass is 35.5. The normalized spacial score (nSPS) is 23.9. The highest BCUT2D eigenvalue weighted by molar-refractivity contribution is 6.43. The first-order valence-corrected chi connectivity index (χ1v) is 18.6. The van der Waals surface area contributed by atoms with Crippen LogP contribution in [0.25, 0.3) is 32.9 Å². The lowest BCUT2D eigenvalue weighted by Gasteiger charge is -2.39. The molecule has 0 spiro atoms. The molecule has 51 heavy (non-hydrogen) atoms. The number of halogens is 3. The largest absolute Gasteiger partial charge is 0.487 e. The summed E-state index contributed by atoms with van der Waals surface area (Å²) < 4.78 is 26.2. The van der Waals surface area contributed by atoms with Gasteiger partial charge >= 0.3 is 0 Å². The van der Waals surface area contributed by atoms with Crippen LogP contribution in [-0.4, -0.2) is 50.6 Å². The van der Waals surface area contributed by atoms with Crippen LogP contribution in [0.3, 0.4) is 0 Å². The molecule has 260 valence electrons. The number of aromatic nitrogens is 3. The highest BCUT2D eigenvalue weighted by Gasteiger charge is 2.51. The molecule has 5 atom stereocenters. The number of hydrogen-bond donors (Lipinski definition) is 1. The van der Waals surface area contributed by atoms with E-state index >= 15 is 4.39 Å². The molecule has 3 aliphatic heterocycles. The Morgan fingerprint density at radius 2 is 1.96 bits per heavy atom. The predicted octanol–water partition coefficient (Wildman–Crippen LogP) is 8.43. The molecular formula is C40H37Cl2FN6O2. The zero-order chi connectivity index (χ0) is 35.1. The zero-order valence-electron chi connectivity index (χ0n) is 28.4. The van der Waals surface area contributed by atoms with Gasteiger partial charge in [0.1, 0.15) is 17.4 Å². The van der Waals surface area contributed by atoms with E-state index in [4.69, 9.17) is 32.9 Å². The summed E-state index contributed by atoms with van der Waals surface area (Å²) >= 11 is 13.1. The first-order valence-electron chi connectivity index (χ1n) is 17.8. The molecule has 0 radical (unpaired) electrons. The molecule has 6 heterocycles. The fourth-order valence-electron chi connectivity index (χ4n) is 8.84. The Morgan fingerprint density at radius 3 is 2.69 bits per heavy atom. The molecule has 2 saturated carbocycles. The van der Waals surface area contributed by atoms with Gasteiger partial charge < -0.3 is 19.5 Å². The average molecular weight is 724 g/mol. The number of carbonyl (C=O) groups excluding carboxylic acids is 1. The van der Waals surface area contributed by atoms with E-state index in [0.29, 0.717) is 58.1 Å². The van der Waals surface area contributed by atoms with Gasteiger partial charge in [-0.25, -0.2) is 9.37 Å². The van der Waals surface area contributed by atoms with Crippen LogP contribution in [-0.2, 0) is 11.2 Å². The lowest BCUT2D eigenvalue weighted by atomic mass is 9.79. The van der Waals surface area contributed by atoms with Crippen molar-refractivity contribution in [2.45, 2.75) is 76.6 Å². The zero-order valence-corrected chi connectivity index (χ0v) is 29.9. The first-order chi connectivity index (χ1) is 24.7. The van der Waals surface area contributed by atoms with Gasteiger partial charge in [-0.05, 0) is 81.3 Å². The number of nitrogens with one attached hydrogen (secondary N) is 1. The summed E-state index contributed by atoms with van der Waals surface area (Å²) in [6, 6.07) is 15.6. The standard InChI is InChI=1S/C40H37Cl2FN6O2/c1-20-27-17-32(31-16-25(19-48(31)40(50)22-10-11-22)51-33-9-5-13-45-21(33)2)49(38-24-15-30(38)46-18-24)39(27)28-14-23(6-4-12-44)34(36(43)37(28)47-20)26-7-3-8-29(41)35(26)42/h3,5,7-9,13-14,17,22,24-25,30-31,38,46H,4,6,10-11,15-16,18-19H2,1-2H3. The Morgan fingerprint density at radius 1 is 1.12 bits per heavy atom. The van der Waals surface area contributed by atoms with E-state index in [-0.39, 0.29) is 53.0 Å². The second kappa shape index (κ2) is 12.5. The predicted molar refractivity (Wildman–Crippen MR) is 195 cm³/mol. The maximum Gasteiger partial charge on any atom is 0.226 e. The summed E-state index contributed by atoms with van der Waals surface area (Å²) in [6.07, 6.45) is 5.61. The number of amides is 1. The van der Waals surface area contributed by atoms with Crippen molar-refractivity contribution in [1.29, 1.82) is 5.26 Å². The number of rotatable bonds is 8. The number of likely N-dealkylation sites (tertiary alicyclic amines) is 1. The fourth-order valence-corrected chi connectivity index (χ4v) is 9.24. The molecule has 2 aromatic carbocycles. The van der Waals surface area contributed by atoms with Crippen LogP contribution < -0.4 is 10.1 Å². The van der Waals surface area contributed by atoms with Crippen molar-refractivity contribution in [3.63, 3.8) is 0 Å². The molecule has 5 unspecified atom stereocenters. The van der Waals surface area contributed by atoms with E-state index in [1.54, 1.807) is 24.4 Å². The molecule has 8 nitrogen and oxygen atoms in total. The van der Waals surface area contributed by atoms with Crippen LogP contribution in [0, 0.1) is 42.8 Å². The van der Waals surface area contributed by atoms with Crippen LogP contribution in [0.15, 0.2) is 48.7 Å². The second-order valence-corrected chi connectivity index (χ2v) is 15.4. The third-order valence-corrected chi connectivity index (χ3v) is 12.3. The molecule has 3 aromatic heterocycles. The van der Waals surface area contributed by atoms with Crippen LogP contribution >= 0.6 is 23.2 Å². The summed E-state index contributed by atoms with van der Waals surface area (Å²) in [5.41, 5.74) is 5.20. The maximum absolute atomic E-state index is 17.2. The molecular weight excluding hydrogens is 686 g/mol. The van der Waals surface area contributed by atoms with E-state index in [9.17, 15) is 10.1 Å². The number of nitriles is 1. The minimum atomic E-state index is -0.481. The molecule has 11 heteroatoms. The number of aryl methyl sites for hydroxylation is 3. The van der Waals surface area contributed by atoms with Crippen molar-refractivity contribution in [2.24, 2.45) is 11.8 Å². The Kier molecular flexibility index (Phi) is 7.99. The van der Waals surface area contributed by atoms with Crippen LogP contribution in [0.2, 0.25) is 10.0 Å². The summed E-state index contributed by atoms with van der Waals surface area (Å²) in [5.74, 6) is 0.882. The summed E-state index contributed by atoms with van der Waals surface area (Å²) in [4.78, 5) is 25.4. The van der Waals surface area contributed by atoms with Crippen molar-refractivity contribution in [3.05, 3.63) is 87.2 Å².